The highest BCUT2D eigenvalue weighted by molar-refractivity contribution is 14.0. The fraction of sp³-hybridized carbons (Fsp3) is 0.579. The van der Waals surface area contributed by atoms with Crippen LogP contribution in [0, 0.1) is 0 Å². The summed E-state index contributed by atoms with van der Waals surface area (Å²) in [5, 5.41) is 10.3. The van der Waals surface area contributed by atoms with Gasteiger partial charge in [-0.3, -0.25) is 9.79 Å². The molecule has 2 bridgehead atoms. The van der Waals surface area contributed by atoms with Crippen molar-refractivity contribution in [2.24, 2.45) is 4.99 Å². The lowest BCUT2D eigenvalue weighted by atomic mass is 9.96. The van der Waals surface area contributed by atoms with E-state index in [1.807, 2.05) is 6.92 Å². The molecule has 8 heteroatoms. The van der Waals surface area contributed by atoms with E-state index >= 15 is 0 Å². The molecule has 3 atom stereocenters. The minimum Gasteiger partial charge on any atom is -0.373 e. The van der Waals surface area contributed by atoms with Gasteiger partial charge in [0.25, 0.3) is 0 Å². The van der Waals surface area contributed by atoms with Gasteiger partial charge >= 0.3 is 0 Å². The summed E-state index contributed by atoms with van der Waals surface area (Å²) in [4.78, 5) is 16.6. The van der Waals surface area contributed by atoms with Crippen molar-refractivity contribution in [3.63, 3.8) is 0 Å². The number of nitrogens with one attached hydrogen (secondary N) is 3. The minimum atomic E-state index is -0.0121. The SMILES string of the molecule is CCNC(=NCCCC(=O)Nc1ccc(Cl)cc1)NC1CC2CCC1O2.I. The van der Waals surface area contributed by atoms with Crippen LogP contribution in [-0.4, -0.2) is 43.2 Å². The number of carbonyl (C=O) groups excluding carboxylic acids is 1. The normalized spacial score (nSPS) is 23.6. The van der Waals surface area contributed by atoms with Crippen molar-refractivity contribution in [1.82, 2.24) is 10.6 Å². The van der Waals surface area contributed by atoms with Crippen LogP contribution in [0.25, 0.3) is 0 Å². The van der Waals surface area contributed by atoms with E-state index in [9.17, 15) is 4.79 Å². The van der Waals surface area contributed by atoms with E-state index in [0.717, 1.165) is 31.0 Å². The third-order valence-electron chi connectivity index (χ3n) is 4.73. The summed E-state index contributed by atoms with van der Waals surface area (Å²) in [6.07, 6.45) is 5.22. The molecule has 6 nitrogen and oxygen atoms in total. The zero-order chi connectivity index (χ0) is 18.4. The number of aliphatic imine (C=N–C) groups is 1. The number of nitrogens with zero attached hydrogens (tertiary/aromatic N) is 1. The van der Waals surface area contributed by atoms with Crippen molar-refractivity contribution in [3.05, 3.63) is 29.3 Å². The van der Waals surface area contributed by atoms with Gasteiger partial charge in [-0.05, 0) is 56.9 Å². The highest BCUT2D eigenvalue weighted by Crippen LogP contribution is 2.34. The van der Waals surface area contributed by atoms with Crippen LogP contribution >= 0.6 is 35.6 Å². The molecule has 3 unspecified atom stereocenters. The average Bonchev–Trinajstić information content (AvgIpc) is 3.24. The lowest BCUT2D eigenvalue weighted by molar-refractivity contribution is -0.116. The fourth-order valence-electron chi connectivity index (χ4n) is 3.47. The molecule has 0 spiro atoms. The van der Waals surface area contributed by atoms with Gasteiger partial charge in [0.1, 0.15) is 0 Å². The molecular weight excluding hydrogens is 479 g/mol. The lowest BCUT2D eigenvalue weighted by Gasteiger charge is -2.22. The number of amides is 1. The van der Waals surface area contributed by atoms with Crippen LogP contribution in [0.2, 0.25) is 5.02 Å². The van der Waals surface area contributed by atoms with Crippen LogP contribution in [0.4, 0.5) is 5.69 Å². The Balaban J connectivity index is 0.00000261. The molecule has 2 saturated heterocycles. The van der Waals surface area contributed by atoms with E-state index in [0.29, 0.717) is 42.7 Å². The number of carbonyl (C=O) groups is 1. The summed E-state index contributed by atoms with van der Waals surface area (Å²) in [6, 6.07) is 7.45. The zero-order valence-corrected chi connectivity index (χ0v) is 18.6. The number of anilines is 1. The van der Waals surface area contributed by atoms with Gasteiger partial charge in [0.2, 0.25) is 5.91 Å². The summed E-state index contributed by atoms with van der Waals surface area (Å²) in [5.74, 6) is 0.800. The van der Waals surface area contributed by atoms with Crippen LogP contribution in [-0.2, 0) is 9.53 Å². The zero-order valence-electron chi connectivity index (χ0n) is 15.5. The van der Waals surface area contributed by atoms with Crippen molar-refractivity contribution >= 4 is 53.1 Å². The molecule has 2 aliphatic rings. The van der Waals surface area contributed by atoms with Crippen LogP contribution in [0.1, 0.15) is 39.0 Å². The Labute approximate surface area is 182 Å². The summed E-state index contributed by atoms with van der Waals surface area (Å²) in [7, 11) is 0. The monoisotopic (exact) mass is 506 g/mol. The lowest BCUT2D eigenvalue weighted by Crippen LogP contribution is -2.47. The summed E-state index contributed by atoms with van der Waals surface area (Å²) >= 11 is 5.84. The summed E-state index contributed by atoms with van der Waals surface area (Å²) in [6.45, 7) is 3.46. The maximum atomic E-state index is 12.0. The fourth-order valence-corrected chi connectivity index (χ4v) is 3.60. The van der Waals surface area contributed by atoms with Crippen LogP contribution in [0.15, 0.2) is 29.3 Å². The molecule has 3 N–H and O–H groups in total. The molecule has 1 aromatic carbocycles. The number of hydrogen-bond donors (Lipinski definition) is 3. The molecule has 0 saturated carbocycles. The van der Waals surface area contributed by atoms with E-state index in [-0.39, 0.29) is 29.9 Å². The predicted octanol–water partition coefficient (Wildman–Crippen LogP) is 3.55. The third kappa shape index (κ3) is 6.80. The Morgan fingerprint density at radius 2 is 2.07 bits per heavy atom. The Bertz CT molecular complexity index is 641. The van der Waals surface area contributed by atoms with Crippen LogP contribution in [0.3, 0.4) is 0 Å². The number of hydrogen-bond acceptors (Lipinski definition) is 3. The molecule has 27 heavy (non-hydrogen) atoms. The number of halogens is 2. The highest BCUT2D eigenvalue weighted by Gasteiger charge is 2.41. The molecule has 2 heterocycles. The van der Waals surface area contributed by atoms with E-state index in [4.69, 9.17) is 16.3 Å². The standard InChI is InChI=1S/C19H27ClN4O2.HI/c1-2-21-19(24-16-12-15-9-10-17(16)26-15)22-11-3-4-18(25)23-14-7-5-13(20)6-8-14;/h5-8,15-17H,2-4,9-12H2,1H3,(H,23,25)(H2,21,22,24);1H. The third-order valence-corrected chi connectivity index (χ3v) is 4.98. The molecule has 3 rings (SSSR count). The highest BCUT2D eigenvalue weighted by atomic mass is 127. The first-order valence-electron chi connectivity index (χ1n) is 9.39. The van der Waals surface area contributed by atoms with Crippen molar-refractivity contribution in [2.75, 3.05) is 18.4 Å². The van der Waals surface area contributed by atoms with Gasteiger partial charge in [-0.25, -0.2) is 0 Å². The Hall–Kier alpha value is -1.06. The van der Waals surface area contributed by atoms with Crippen molar-refractivity contribution in [2.45, 2.75) is 57.3 Å². The number of fused-ring (bicyclic) bond motifs is 2. The average molecular weight is 507 g/mol. The Morgan fingerprint density at radius 1 is 1.30 bits per heavy atom. The van der Waals surface area contributed by atoms with E-state index in [1.54, 1.807) is 24.3 Å². The van der Waals surface area contributed by atoms with Crippen molar-refractivity contribution in [1.29, 1.82) is 0 Å². The van der Waals surface area contributed by atoms with Gasteiger partial charge in [-0.2, -0.15) is 0 Å². The van der Waals surface area contributed by atoms with Gasteiger partial charge in [0.15, 0.2) is 5.96 Å². The summed E-state index contributed by atoms with van der Waals surface area (Å²) < 4.78 is 5.88. The van der Waals surface area contributed by atoms with Gasteiger partial charge in [-0.1, -0.05) is 11.6 Å². The van der Waals surface area contributed by atoms with Gasteiger partial charge in [0, 0.05) is 30.2 Å². The first kappa shape index (κ1) is 22.2. The van der Waals surface area contributed by atoms with Gasteiger partial charge in [-0.15, -0.1) is 24.0 Å². The van der Waals surface area contributed by atoms with E-state index in [1.165, 1.54) is 6.42 Å². The van der Waals surface area contributed by atoms with E-state index in [2.05, 4.69) is 20.9 Å². The molecule has 150 valence electrons. The smallest absolute Gasteiger partial charge is 0.224 e. The molecule has 0 radical (unpaired) electrons. The quantitative estimate of drug-likeness (QED) is 0.229. The molecular formula is C19H28ClIN4O2. The maximum Gasteiger partial charge on any atom is 0.224 e. The predicted molar refractivity (Wildman–Crippen MR) is 120 cm³/mol. The van der Waals surface area contributed by atoms with Gasteiger partial charge < -0.3 is 20.7 Å². The van der Waals surface area contributed by atoms with Crippen LogP contribution < -0.4 is 16.0 Å². The molecule has 0 aliphatic carbocycles. The Morgan fingerprint density at radius 3 is 2.70 bits per heavy atom. The molecule has 2 fully saturated rings. The molecule has 2 aliphatic heterocycles. The van der Waals surface area contributed by atoms with E-state index < -0.39 is 0 Å². The largest absolute Gasteiger partial charge is 0.373 e. The topological polar surface area (TPSA) is 74.8 Å². The first-order chi connectivity index (χ1) is 12.6. The second-order valence-corrected chi connectivity index (χ2v) is 7.22. The number of benzene rings is 1. The second kappa shape index (κ2) is 11.1. The van der Waals surface area contributed by atoms with Crippen LogP contribution in [0.5, 0.6) is 0 Å². The molecule has 0 aromatic heterocycles. The maximum absolute atomic E-state index is 12.0. The number of guanidine groups is 1. The van der Waals surface area contributed by atoms with Crippen molar-refractivity contribution < 1.29 is 9.53 Å². The second-order valence-electron chi connectivity index (χ2n) is 6.78. The minimum absolute atomic E-state index is 0. The molecule has 1 aromatic rings. The number of ether oxygens (including phenoxy) is 1. The molecule has 1 amide bonds. The Kier molecular flexibility index (Phi) is 9.11. The first-order valence-corrected chi connectivity index (χ1v) is 9.77. The summed E-state index contributed by atoms with van der Waals surface area (Å²) in [5.41, 5.74) is 0.759. The number of rotatable bonds is 7. The van der Waals surface area contributed by atoms with Gasteiger partial charge in [0.05, 0.1) is 18.2 Å². The van der Waals surface area contributed by atoms with Crippen molar-refractivity contribution in [3.8, 4) is 0 Å².